The summed E-state index contributed by atoms with van der Waals surface area (Å²) in [5, 5.41) is 0. The van der Waals surface area contributed by atoms with Crippen molar-refractivity contribution in [3.63, 3.8) is 0 Å². The zero-order valence-corrected chi connectivity index (χ0v) is 16.6. The van der Waals surface area contributed by atoms with Crippen LogP contribution in [0.5, 0.6) is 11.8 Å². The fraction of sp³-hybridized carbons (Fsp3) is 0.474. The molecule has 29 heavy (non-hydrogen) atoms. The van der Waals surface area contributed by atoms with Gasteiger partial charge in [-0.2, -0.15) is 0 Å². The summed E-state index contributed by atoms with van der Waals surface area (Å²) in [6.45, 7) is 0.161. The highest BCUT2D eigenvalue weighted by Crippen LogP contribution is 2.38. The predicted molar refractivity (Wildman–Crippen MR) is 100 cm³/mol. The van der Waals surface area contributed by atoms with E-state index >= 15 is 0 Å². The van der Waals surface area contributed by atoms with Crippen LogP contribution in [0.2, 0.25) is 0 Å². The lowest BCUT2D eigenvalue weighted by atomic mass is 9.78. The van der Waals surface area contributed by atoms with Gasteiger partial charge in [0.15, 0.2) is 5.60 Å². The standard InChI is InChI=1S/C19H24N4O6/c1-25-12-23-16(11-28-18-21-6-4-7-22-18)19(17(23)24,29-13-26-2)10-14-9-15(27-3)5-8-20-14/h4-9,16H,10-13H2,1-3H3. The van der Waals surface area contributed by atoms with Gasteiger partial charge in [-0.05, 0) is 12.1 Å². The average Bonchev–Trinajstić information content (AvgIpc) is 2.77. The molecule has 2 aromatic heterocycles. The molecule has 0 aromatic carbocycles. The molecule has 0 bridgehead atoms. The zero-order chi connectivity index (χ0) is 20.7. The van der Waals surface area contributed by atoms with Crippen molar-refractivity contribution in [2.45, 2.75) is 18.1 Å². The molecule has 156 valence electrons. The van der Waals surface area contributed by atoms with E-state index in [1.807, 2.05) is 0 Å². The van der Waals surface area contributed by atoms with Crippen LogP contribution in [0.15, 0.2) is 36.8 Å². The molecule has 1 fully saturated rings. The van der Waals surface area contributed by atoms with Crippen LogP contribution in [0.1, 0.15) is 5.69 Å². The molecule has 1 amide bonds. The molecule has 2 unspecified atom stereocenters. The van der Waals surface area contributed by atoms with Crippen molar-refractivity contribution in [3.05, 3.63) is 42.5 Å². The molecule has 0 aliphatic carbocycles. The molecule has 0 saturated carbocycles. The largest absolute Gasteiger partial charge is 0.497 e. The third-order valence-corrected chi connectivity index (χ3v) is 4.62. The third kappa shape index (κ3) is 4.44. The lowest BCUT2D eigenvalue weighted by Gasteiger charge is -2.54. The molecule has 1 aliphatic heterocycles. The minimum atomic E-state index is -1.22. The van der Waals surface area contributed by atoms with Crippen LogP contribution >= 0.6 is 0 Å². The first-order valence-electron chi connectivity index (χ1n) is 8.96. The van der Waals surface area contributed by atoms with E-state index < -0.39 is 11.6 Å². The average molecular weight is 404 g/mol. The summed E-state index contributed by atoms with van der Waals surface area (Å²) in [4.78, 5) is 27.1. The van der Waals surface area contributed by atoms with Crippen LogP contribution in [0.3, 0.4) is 0 Å². The van der Waals surface area contributed by atoms with Gasteiger partial charge in [0.1, 0.15) is 31.9 Å². The number of aromatic nitrogens is 3. The van der Waals surface area contributed by atoms with E-state index in [-0.39, 0.29) is 38.5 Å². The number of hydrogen-bond donors (Lipinski definition) is 0. The Kier molecular flexibility index (Phi) is 6.91. The van der Waals surface area contributed by atoms with E-state index in [1.54, 1.807) is 48.8 Å². The number of likely N-dealkylation sites (tertiary alicyclic amines) is 1. The number of nitrogens with zero attached hydrogens (tertiary/aromatic N) is 4. The Morgan fingerprint density at radius 2 is 1.90 bits per heavy atom. The number of ether oxygens (including phenoxy) is 5. The highest BCUT2D eigenvalue weighted by atomic mass is 16.7. The molecule has 3 rings (SSSR count). The minimum Gasteiger partial charge on any atom is -0.497 e. The van der Waals surface area contributed by atoms with Crippen LogP contribution < -0.4 is 9.47 Å². The Morgan fingerprint density at radius 3 is 2.59 bits per heavy atom. The Hall–Kier alpha value is -2.82. The maximum atomic E-state index is 13.1. The monoisotopic (exact) mass is 404 g/mol. The molecule has 0 radical (unpaired) electrons. The van der Waals surface area contributed by atoms with Crippen molar-refractivity contribution in [2.24, 2.45) is 0 Å². The number of carbonyl (C=O) groups is 1. The van der Waals surface area contributed by atoms with Crippen LogP contribution in [-0.2, 0) is 25.4 Å². The van der Waals surface area contributed by atoms with Gasteiger partial charge in [0.05, 0.1) is 7.11 Å². The van der Waals surface area contributed by atoms with E-state index in [0.717, 1.165) is 0 Å². The van der Waals surface area contributed by atoms with Gasteiger partial charge in [0.25, 0.3) is 5.91 Å². The summed E-state index contributed by atoms with van der Waals surface area (Å²) < 4.78 is 27.1. The van der Waals surface area contributed by atoms with Crippen molar-refractivity contribution in [3.8, 4) is 11.8 Å². The first-order valence-corrected chi connectivity index (χ1v) is 8.96. The fourth-order valence-corrected chi connectivity index (χ4v) is 3.25. The highest BCUT2D eigenvalue weighted by molar-refractivity contribution is 5.93. The van der Waals surface area contributed by atoms with Gasteiger partial charge in [-0.1, -0.05) is 0 Å². The van der Waals surface area contributed by atoms with Crippen LogP contribution in [0.25, 0.3) is 0 Å². The van der Waals surface area contributed by atoms with Gasteiger partial charge in [-0.3, -0.25) is 9.78 Å². The van der Waals surface area contributed by atoms with Gasteiger partial charge in [-0.25, -0.2) is 9.97 Å². The number of β-lactam (4-membered cyclic amide) rings is 1. The van der Waals surface area contributed by atoms with E-state index in [2.05, 4.69) is 15.0 Å². The van der Waals surface area contributed by atoms with Crippen LogP contribution in [0, 0.1) is 0 Å². The third-order valence-electron chi connectivity index (χ3n) is 4.62. The molecule has 3 heterocycles. The number of amides is 1. The summed E-state index contributed by atoms with van der Waals surface area (Å²) in [5.41, 5.74) is -0.574. The second kappa shape index (κ2) is 9.59. The number of hydrogen-bond acceptors (Lipinski definition) is 9. The summed E-state index contributed by atoms with van der Waals surface area (Å²) in [5.74, 6) is 0.409. The minimum absolute atomic E-state index is 0.0606. The Labute approximate surface area is 168 Å². The normalized spacial score (nSPS) is 21.0. The number of pyridine rings is 1. The zero-order valence-electron chi connectivity index (χ0n) is 16.6. The summed E-state index contributed by atoms with van der Waals surface area (Å²) in [7, 11) is 4.59. The van der Waals surface area contributed by atoms with Crippen molar-refractivity contribution in [2.75, 3.05) is 41.5 Å². The second-order valence-corrected chi connectivity index (χ2v) is 6.36. The SMILES string of the molecule is COCOC1(Cc2cc(OC)ccn2)C(=O)N(COC)C1COc1ncccn1. The Bertz CT molecular complexity index is 808. The number of carbonyl (C=O) groups excluding carboxylic acids is 1. The summed E-state index contributed by atoms with van der Waals surface area (Å²) in [6.07, 6.45) is 5.00. The Balaban J connectivity index is 1.86. The maximum absolute atomic E-state index is 13.1. The summed E-state index contributed by atoms with van der Waals surface area (Å²) in [6, 6.07) is 4.95. The molecule has 0 N–H and O–H groups in total. The lowest BCUT2D eigenvalue weighted by molar-refractivity contribution is -0.236. The fourth-order valence-electron chi connectivity index (χ4n) is 3.25. The molecule has 1 saturated heterocycles. The van der Waals surface area contributed by atoms with E-state index in [9.17, 15) is 4.79 Å². The first-order chi connectivity index (χ1) is 14.1. The highest BCUT2D eigenvalue weighted by Gasteiger charge is 2.62. The van der Waals surface area contributed by atoms with Gasteiger partial charge < -0.3 is 28.6 Å². The van der Waals surface area contributed by atoms with Gasteiger partial charge >= 0.3 is 6.01 Å². The molecular formula is C19H24N4O6. The van der Waals surface area contributed by atoms with Gasteiger partial charge in [0, 0.05) is 51.0 Å². The van der Waals surface area contributed by atoms with E-state index in [0.29, 0.717) is 11.4 Å². The maximum Gasteiger partial charge on any atom is 0.316 e. The van der Waals surface area contributed by atoms with Crippen molar-refractivity contribution in [1.82, 2.24) is 19.9 Å². The molecule has 0 spiro atoms. The second-order valence-electron chi connectivity index (χ2n) is 6.36. The van der Waals surface area contributed by atoms with Gasteiger partial charge in [-0.15, -0.1) is 0 Å². The topological polar surface area (TPSA) is 105 Å². The Morgan fingerprint density at radius 1 is 1.10 bits per heavy atom. The number of methoxy groups -OCH3 is 3. The van der Waals surface area contributed by atoms with Crippen molar-refractivity contribution < 1.29 is 28.5 Å². The predicted octanol–water partition coefficient (Wildman–Crippen LogP) is 0.676. The van der Waals surface area contributed by atoms with Crippen LogP contribution in [-0.4, -0.2) is 78.9 Å². The quantitative estimate of drug-likeness (QED) is 0.395. The molecular weight excluding hydrogens is 380 g/mol. The van der Waals surface area contributed by atoms with Crippen LogP contribution in [0.4, 0.5) is 0 Å². The van der Waals surface area contributed by atoms with E-state index in [4.69, 9.17) is 23.7 Å². The van der Waals surface area contributed by atoms with Crippen molar-refractivity contribution in [1.29, 1.82) is 0 Å². The smallest absolute Gasteiger partial charge is 0.316 e. The molecule has 1 aliphatic rings. The van der Waals surface area contributed by atoms with Gasteiger partial charge in [0.2, 0.25) is 0 Å². The molecule has 10 nitrogen and oxygen atoms in total. The molecule has 2 atom stereocenters. The first kappa shape index (κ1) is 20.9. The number of rotatable bonds is 11. The lowest BCUT2D eigenvalue weighted by Crippen LogP contribution is -2.77. The summed E-state index contributed by atoms with van der Waals surface area (Å²) >= 11 is 0. The van der Waals surface area contributed by atoms with E-state index in [1.165, 1.54) is 14.2 Å². The van der Waals surface area contributed by atoms with Crippen molar-refractivity contribution >= 4 is 5.91 Å². The molecule has 2 aromatic rings. The molecule has 10 heteroatoms.